The molecule has 0 aromatic heterocycles. The Hall–Kier alpha value is -3.16. The van der Waals surface area contributed by atoms with Gasteiger partial charge in [-0.2, -0.15) is 0 Å². The summed E-state index contributed by atoms with van der Waals surface area (Å²) < 4.78 is 4.55. The van der Waals surface area contributed by atoms with Crippen LogP contribution in [0.2, 0.25) is 19.6 Å². The Balaban J connectivity index is 1.86. The van der Waals surface area contributed by atoms with E-state index >= 15 is 0 Å². The van der Waals surface area contributed by atoms with Gasteiger partial charge in [-0.3, -0.25) is 0 Å². The van der Waals surface area contributed by atoms with E-state index < -0.39 is 29.7 Å². The number of benzene rings is 4. The van der Waals surface area contributed by atoms with Gasteiger partial charge in [0.05, 0.1) is 0 Å². The second-order valence-corrected chi connectivity index (χ2v) is 27.9. The predicted octanol–water partition coefficient (Wildman–Crippen LogP) is 14.3. The number of nitrogens with zero attached hydrogens (tertiary/aromatic N) is 3. The first-order valence-corrected chi connectivity index (χ1v) is 27.1. The number of anilines is 3. The van der Waals surface area contributed by atoms with E-state index in [0.29, 0.717) is 35.5 Å². The van der Waals surface area contributed by atoms with Crippen molar-refractivity contribution in [2.45, 2.75) is 138 Å². The molecule has 4 aromatic rings. The standard InChI is InChI=1S/C34H42BN2.C15H26NSi.Sn/c1-24(2)29-16-12-17-30(25(3)4)33(29)36-22-23-37(35(36)21-20-28-14-10-9-11-15-28)34-31(26(5)6)18-13-19-32(34)27(7)8;1-11(2)13-9-8-10-14(12(3)4)15(13)16-17(5,6)7;/h9-19,21-27H,1-8H3;8-12H,1-7H3;/q;-1;+1. The molecule has 0 N–H and O–H groups in total. The zero-order valence-corrected chi connectivity index (χ0v) is 40.6. The number of rotatable bonds is 14. The molecule has 4 aromatic carbocycles. The first-order valence-electron chi connectivity index (χ1n) is 20.9. The van der Waals surface area contributed by atoms with E-state index in [9.17, 15) is 0 Å². The molecule has 0 fully saturated rings. The van der Waals surface area contributed by atoms with E-state index in [1.165, 1.54) is 59.6 Å². The molecule has 3 nitrogen and oxygen atoms in total. The topological polar surface area (TPSA) is 9.72 Å². The van der Waals surface area contributed by atoms with Crippen molar-refractivity contribution in [3.63, 3.8) is 0 Å². The first kappa shape index (κ1) is 43.0. The second-order valence-electron chi connectivity index (χ2n) is 18.4. The number of hydrogen-bond donors (Lipinski definition) is 0. The van der Waals surface area contributed by atoms with Crippen LogP contribution in [-0.4, -0.2) is 36.6 Å². The van der Waals surface area contributed by atoms with Crippen LogP contribution < -0.4 is 12.4 Å². The molecule has 0 saturated heterocycles. The quantitative estimate of drug-likeness (QED) is 0.117. The van der Waals surface area contributed by atoms with Gasteiger partial charge in [0.25, 0.3) is 0 Å². The molecule has 0 aliphatic carbocycles. The molecule has 6 heteroatoms. The first-order chi connectivity index (χ1) is 25.9. The molecule has 55 heavy (non-hydrogen) atoms. The summed E-state index contributed by atoms with van der Waals surface area (Å²) in [6, 6.07) is 32.5. The average molecular weight is 857 g/mol. The van der Waals surface area contributed by atoms with E-state index in [-0.39, 0.29) is 6.98 Å². The molecule has 0 spiro atoms. The van der Waals surface area contributed by atoms with Gasteiger partial charge in [-0.1, -0.05) is 0 Å². The monoisotopic (exact) mass is 857 g/mol. The van der Waals surface area contributed by atoms with Crippen molar-refractivity contribution in [3.05, 3.63) is 142 Å². The molecule has 0 bridgehead atoms. The Morgan fingerprint density at radius 2 is 0.855 bits per heavy atom. The number of hydrogen-bond acceptors (Lipinski definition) is 3. The molecule has 2 radical (unpaired) electrons. The van der Waals surface area contributed by atoms with E-state index in [1.807, 2.05) is 0 Å². The Kier molecular flexibility index (Phi) is 14.0. The normalized spacial score (nSPS) is 14.0. The minimum absolute atomic E-state index is 0.0284. The van der Waals surface area contributed by atoms with Gasteiger partial charge in [-0.15, -0.1) is 0 Å². The van der Waals surface area contributed by atoms with Crippen LogP contribution in [0.15, 0.2) is 103 Å². The van der Waals surface area contributed by atoms with Crippen molar-refractivity contribution in [2.75, 3.05) is 12.4 Å². The van der Waals surface area contributed by atoms with Gasteiger partial charge in [-0.05, 0) is 0 Å². The second kappa shape index (κ2) is 18.0. The summed E-state index contributed by atoms with van der Waals surface area (Å²) in [5.41, 5.74) is 14.3. The fraction of sp³-hybridized carbons (Fsp3) is 0.429. The molecule has 0 saturated carbocycles. The summed E-state index contributed by atoms with van der Waals surface area (Å²) in [4.78, 5) is 5.27. The maximum atomic E-state index is 3.01. The summed E-state index contributed by atoms with van der Waals surface area (Å²) in [6.45, 7) is 36.0. The van der Waals surface area contributed by atoms with Crippen molar-refractivity contribution in [1.29, 1.82) is 0 Å². The third kappa shape index (κ3) is 9.36. The van der Waals surface area contributed by atoms with Crippen LogP contribution >= 0.6 is 0 Å². The molecule has 0 amide bonds. The van der Waals surface area contributed by atoms with Crippen LogP contribution in [0.5, 0.6) is 0 Å². The molecular weight excluding hydrogens is 788 g/mol. The van der Waals surface area contributed by atoms with Crippen molar-refractivity contribution in [1.82, 2.24) is 0 Å². The van der Waals surface area contributed by atoms with E-state index in [0.717, 1.165) is 0 Å². The maximum absolute atomic E-state index is 3.01. The average Bonchev–Trinajstić information content (AvgIpc) is 3.54. The molecule has 0 atom stereocenters. The molecule has 1 aliphatic rings. The third-order valence-electron chi connectivity index (χ3n) is 11.0. The fourth-order valence-electron chi connectivity index (χ4n) is 8.06. The van der Waals surface area contributed by atoms with Crippen LogP contribution in [0, 0.1) is 0 Å². The van der Waals surface area contributed by atoms with E-state index in [2.05, 4.69) is 218 Å². The van der Waals surface area contributed by atoms with Gasteiger partial charge in [0.15, 0.2) is 0 Å². The zero-order valence-electron chi connectivity index (χ0n) is 36.7. The van der Waals surface area contributed by atoms with Crippen molar-refractivity contribution in [3.8, 4) is 0 Å². The van der Waals surface area contributed by atoms with Crippen LogP contribution in [-0.2, 0) is 0 Å². The van der Waals surface area contributed by atoms with Gasteiger partial charge in [0.2, 0.25) is 0 Å². The summed E-state index contributed by atoms with van der Waals surface area (Å²) in [6.07, 6.45) is 4.79. The summed E-state index contributed by atoms with van der Waals surface area (Å²) in [7, 11) is -1.87. The Morgan fingerprint density at radius 1 is 0.509 bits per heavy atom. The molecule has 1 aliphatic heterocycles. The molecule has 290 valence electrons. The minimum atomic E-state index is -1.87. The van der Waals surface area contributed by atoms with Crippen LogP contribution in [0.1, 0.15) is 158 Å². The van der Waals surface area contributed by atoms with Gasteiger partial charge < -0.3 is 0 Å². The molecule has 1 heterocycles. The van der Waals surface area contributed by atoms with Crippen molar-refractivity contribution < 1.29 is 0 Å². The third-order valence-corrected chi connectivity index (χ3v) is 22.4. The van der Waals surface area contributed by atoms with Crippen molar-refractivity contribution >= 4 is 57.3 Å². The molecule has 0 unspecified atom stereocenters. The number of para-hydroxylation sites is 3. The predicted molar refractivity (Wildman–Crippen MR) is 250 cm³/mol. The van der Waals surface area contributed by atoms with Crippen LogP contribution in [0.3, 0.4) is 0 Å². The summed E-state index contributed by atoms with van der Waals surface area (Å²) in [5, 5.41) is 0. The zero-order chi connectivity index (χ0) is 40.4. The Labute approximate surface area is 348 Å². The van der Waals surface area contributed by atoms with Gasteiger partial charge >= 0.3 is 350 Å². The van der Waals surface area contributed by atoms with E-state index in [1.54, 1.807) is 0 Å². The van der Waals surface area contributed by atoms with Crippen LogP contribution in [0.4, 0.5) is 17.1 Å². The van der Waals surface area contributed by atoms with Gasteiger partial charge in [0.1, 0.15) is 0 Å². The van der Waals surface area contributed by atoms with Crippen molar-refractivity contribution in [2.24, 2.45) is 0 Å². The summed E-state index contributed by atoms with van der Waals surface area (Å²) in [5.74, 6) is 5.17. The van der Waals surface area contributed by atoms with Crippen LogP contribution in [0.25, 0.3) is 3.59 Å². The Morgan fingerprint density at radius 3 is 1.18 bits per heavy atom. The SMILES string of the molecule is CC(C)c1cccc(C(C)C)c1N1C=CN(c2c(C(C)C)cccc2C(C)C)B1/C=[C](\[Sn][N](c1c(C(C)C)cccc1C(C)C)[Si](C)(C)C)c1ccccc1. The van der Waals surface area contributed by atoms with Gasteiger partial charge in [0, 0.05) is 0 Å². The molecule has 5 rings (SSSR count). The summed E-state index contributed by atoms with van der Waals surface area (Å²) >= 11 is -1.45. The molecular formula is C49H68BN3SiSn. The fourth-order valence-corrected chi connectivity index (χ4v) is 16.2. The van der Waals surface area contributed by atoms with E-state index in [4.69, 9.17) is 0 Å². The Bertz CT molecular complexity index is 1820. The van der Waals surface area contributed by atoms with Gasteiger partial charge in [-0.25, -0.2) is 0 Å².